The highest BCUT2D eigenvalue weighted by atomic mass is 16.5. The van der Waals surface area contributed by atoms with E-state index in [9.17, 15) is 9.59 Å². The van der Waals surface area contributed by atoms with Crippen molar-refractivity contribution in [1.82, 2.24) is 0 Å². The molecule has 0 saturated carbocycles. The highest BCUT2D eigenvalue weighted by molar-refractivity contribution is 5.89. The maximum absolute atomic E-state index is 10.4. The van der Waals surface area contributed by atoms with E-state index in [0.29, 0.717) is 0 Å². The smallest absolute Gasteiger partial charge is 0.340 e. The van der Waals surface area contributed by atoms with Crippen LogP contribution < -0.4 is 0 Å². The largest absolute Gasteiger partial charge is 0.479 e. The molecule has 1 N–H and O–H groups in total. The van der Waals surface area contributed by atoms with Crippen molar-refractivity contribution in [2.75, 3.05) is 0 Å². The lowest BCUT2D eigenvalue weighted by Gasteiger charge is -2.06. The average Bonchev–Trinajstić information content (AvgIpc) is 2.20. The summed E-state index contributed by atoms with van der Waals surface area (Å²) in [6.45, 7) is 0.122. The van der Waals surface area contributed by atoms with Crippen LogP contribution in [0.2, 0.25) is 0 Å². The van der Waals surface area contributed by atoms with E-state index < -0.39 is 12.1 Å². The topological polar surface area (TPSA) is 63.6 Å². The summed E-state index contributed by atoms with van der Waals surface area (Å²) in [4.78, 5) is 20.7. The maximum atomic E-state index is 10.4. The monoisotopic (exact) mass is 194 g/mol. The lowest BCUT2D eigenvalue weighted by atomic mass is 10.2. The predicted octanol–water partition coefficient (Wildman–Crippen LogP) is 0.855. The van der Waals surface area contributed by atoms with Crippen LogP contribution in [0.15, 0.2) is 30.3 Å². The van der Waals surface area contributed by atoms with Crippen molar-refractivity contribution < 1.29 is 19.4 Å². The van der Waals surface area contributed by atoms with Gasteiger partial charge >= 0.3 is 5.97 Å². The van der Waals surface area contributed by atoms with Crippen LogP contribution in [0.25, 0.3) is 0 Å². The molecule has 0 aromatic heterocycles. The molecule has 14 heavy (non-hydrogen) atoms. The third-order valence-corrected chi connectivity index (χ3v) is 1.64. The number of aliphatic carboxylic acids is 1. The first-order chi connectivity index (χ1) is 6.74. The van der Waals surface area contributed by atoms with Crippen LogP contribution in [-0.4, -0.2) is 23.5 Å². The van der Waals surface area contributed by atoms with Crippen LogP contribution in [0.1, 0.15) is 5.56 Å². The summed E-state index contributed by atoms with van der Waals surface area (Å²) in [5.41, 5.74) is 0.834. The van der Waals surface area contributed by atoms with Gasteiger partial charge in [0.2, 0.25) is 6.10 Å². The number of carbonyl (C=O) groups excluding carboxylic acids is 1. The van der Waals surface area contributed by atoms with E-state index in [-0.39, 0.29) is 12.9 Å². The second-order valence-electron chi connectivity index (χ2n) is 2.69. The second kappa shape index (κ2) is 5.14. The number of benzene rings is 1. The van der Waals surface area contributed by atoms with Crippen LogP contribution in [0.5, 0.6) is 0 Å². The normalized spacial score (nSPS) is 12.0. The second-order valence-corrected chi connectivity index (χ2v) is 2.69. The SMILES string of the molecule is O=CC(OCc1ccccc1)C(=O)O. The van der Waals surface area contributed by atoms with Gasteiger partial charge in [0.25, 0.3) is 0 Å². The Morgan fingerprint density at radius 3 is 2.57 bits per heavy atom. The quantitative estimate of drug-likeness (QED) is 0.557. The van der Waals surface area contributed by atoms with Gasteiger partial charge in [-0.3, -0.25) is 4.79 Å². The summed E-state index contributed by atoms with van der Waals surface area (Å²) in [6, 6.07) is 9.07. The molecule has 4 nitrogen and oxygen atoms in total. The molecular formula is C10H10O4. The average molecular weight is 194 g/mol. The fourth-order valence-corrected chi connectivity index (χ4v) is 0.929. The van der Waals surface area contributed by atoms with Gasteiger partial charge in [0, 0.05) is 0 Å². The minimum atomic E-state index is -1.38. The number of aldehydes is 1. The third-order valence-electron chi connectivity index (χ3n) is 1.64. The van der Waals surface area contributed by atoms with Gasteiger partial charge in [0.15, 0.2) is 6.29 Å². The molecule has 1 rings (SSSR count). The van der Waals surface area contributed by atoms with E-state index in [1.54, 1.807) is 12.1 Å². The van der Waals surface area contributed by atoms with E-state index in [2.05, 4.69) is 0 Å². The third kappa shape index (κ3) is 2.99. The zero-order chi connectivity index (χ0) is 10.4. The Morgan fingerprint density at radius 2 is 2.07 bits per heavy atom. The van der Waals surface area contributed by atoms with Gasteiger partial charge in [-0.05, 0) is 5.56 Å². The molecule has 1 aromatic rings. The molecule has 0 heterocycles. The molecule has 0 amide bonds. The van der Waals surface area contributed by atoms with Crippen LogP contribution in [0, 0.1) is 0 Å². The lowest BCUT2D eigenvalue weighted by Crippen LogP contribution is -2.24. The van der Waals surface area contributed by atoms with E-state index in [1.807, 2.05) is 18.2 Å². The summed E-state index contributed by atoms with van der Waals surface area (Å²) < 4.78 is 4.87. The molecule has 0 aliphatic carbocycles. The molecule has 0 bridgehead atoms. The fourth-order valence-electron chi connectivity index (χ4n) is 0.929. The van der Waals surface area contributed by atoms with Crippen molar-refractivity contribution in [2.24, 2.45) is 0 Å². The van der Waals surface area contributed by atoms with Gasteiger partial charge in [-0.25, -0.2) is 4.79 Å². The fraction of sp³-hybridized carbons (Fsp3) is 0.200. The molecule has 0 aliphatic heterocycles. The van der Waals surface area contributed by atoms with E-state index >= 15 is 0 Å². The lowest BCUT2D eigenvalue weighted by molar-refractivity contribution is -0.153. The zero-order valence-corrected chi connectivity index (χ0v) is 7.42. The number of carboxylic acids is 1. The molecule has 0 aliphatic rings. The van der Waals surface area contributed by atoms with Crippen molar-refractivity contribution in [1.29, 1.82) is 0 Å². The maximum Gasteiger partial charge on any atom is 0.340 e. The van der Waals surface area contributed by atoms with Gasteiger partial charge in [-0.2, -0.15) is 0 Å². The Morgan fingerprint density at radius 1 is 1.43 bits per heavy atom. The Labute approximate surface area is 81.1 Å². The van der Waals surface area contributed by atoms with Crippen molar-refractivity contribution in [3.63, 3.8) is 0 Å². The number of rotatable bonds is 5. The summed E-state index contributed by atoms with van der Waals surface area (Å²) in [6.07, 6.45) is -1.11. The summed E-state index contributed by atoms with van der Waals surface area (Å²) in [7, 11) is 0. The molecular weight excluding hydrogens is 184 g/mol. The van der Waals surface area contributed by atoms with Crippen LogP contribution >= 0.6 is 0 Å². The Balaban J connectivity index is 2.47. The summed E-state index contributed by atoms with van der Waals surface area (Å²) in [5.74, 6) is -1.27. The summed E-state index contributed by atoms with van der Waals surface area (Å²) >= 11 is 0. The highest BCUT2D eigenvalue weighted by Crippen LogP contribution is 2.02. The number of ether oxygens (including phenoxy) is 1. The van der Waals surface area contributed by atoms with Crippen molar-refractivity contribution in [2.45, 2.75) is 12.7 Å². The van der Waals surface area contributed by atoms with E-state index in [4.69, 9.17) is 9.84 Å². The molecule has 1 aromatic carbocycles. The van der Waals surface area contributed by atoms with Gasteiger partial charge in [0.1, 0.15) is 0 Å². The molecule has 0 saturated heterocycles. The molecule has 0 spiro atoms. The van der Waals surface area contributed by atoms with Crippen molar-refractivity contribution >= 4 is 12.3 Å². The van der Waals surface area contributed by atoms with Crippen LogP contribution in [-0.2, 0) is 20.9 Å². The number of hydrogen-bond acceptors (Lipinski definition) is 3. The molecule has 1 unspecified atom stereocenters. The van der Waals surface area contributed by atoms with E-state index in [0.717, 1.165) is 5.56 Å². The van der Waals surface area contributed by atoms with Crippen LogP contribution in [0.3, 0.4) is 0 Å². The number of carboxylic acid groups (broad SMARTS) is 1. The van der Waals surface area contributed by atoms with Crippen LogP contribution in [0.4, 0.5) is 0 Å². The van der Waals surface area contributed by atoms with E-state index in [1.165, 1.54) is 0 Å². The van der Waals surface area contributed by atoms with Crippen molar-refractivity contribution in [3.8, 4) is 0 Å². The molecule has 4 heteroatoms. The number of carbonyl (C=O) groups is 2. The Bertz CT molecular complexity index is 307. The predicted molar refractivity (Wildman–Crippen MR) is 48.7 cm³/mol. The summed E-state index contributed by atoms with van der Waals surface area (Å²) in [5, 5.41) is 8.50. The molecule has 0 fully saturated rings. The highest BCUT2D eigenvalue weighted by Gasteiger charge is 2.16. The minimum Gasteiger partial charge on any atom is -0.479 e. The van der Waals surface area contributed by atoms with Gasteiger partial charge in [-0.15, -0.1) is 0 Å². The first-order valence-electron chi connectivity index (χ1n) is 4.07. The first-order valence-corrected chi connectivity index (χ1v) is 4.07. The molecule has 1 atom stereocenters. The van der Waals surface area contributed by atoms with Gasteiger partial charge in [-0.1, -0.05) is 30.3 Å². The Hall–Kier alpha value is -1.68. The Kier molecular flexibility index (Phi) is 3.82. The molecule has 0 radical (unpaired) electrons. The standard InChI is InChI=1S/C10H10O4/c11-6-9(10(12)13)14-7-8-4-2-1-3-5-8/h1-6,9H,7H2,(H,12,13). The van der Waals surface area contributed by atoms with Gasteiger partial charge < -0.3 is 9.84 Å². The molecule has 74 valence electrons. The van der Waals surface area contributed by atoms with Crippen molar-refractivity contribution in [3.05, 3.63) is 35.9 Å². The van der Waals surface area contributed by atoms with Gasteiger partial charge in [0.05, 0.1) is 6.61 Å². The number of hydrogen-bond donors (Lipinski definition) is 1. The first kappa shape index (κ1) is 10.4. The minimum absolute atomic E-state index is 0.122. The zero-order valence-electron chi connectivity index (χ0n) is 7.42.